The molecular formula is C19H24ClN3O3S. The summed E-state index contributed by atoms with van der Waals surface area (Å²) in [6.45, 7) is 6.08. The maximum Gasteiger partial charge on any atom is 0.246 e. The Hall–Kier alpha value is -1.73. The van der Waals surface area contributed by atoms with Crippen molar-refractivity contribution < 1.29 is 14.4 Å². The molecule has 0 unspecified atom stereocenters. The maximum absolute atomic E-state index is 13.0. The second-order valence-electron chi connectivity index (χ2n) is 7.13. The fourth-order valence-corrected chi connectivity index (χ4v) is 5.25. The molecule has 0 bridgehead atoms. The number of aryl methyl sites for hydroxylation is 1. The van der Waals surface area contributed by atoms with Crippen LogP contribution in [0.5, 0.6) is 0 Å². The van der Waals surface area contributed by atoms with Crippen LogP contribution in [0.2, 0.25) is 5.02 Å². The summed E-state index contributed by atoms with van der Waals surface area (Å²) in [6.07, 6.45) is 1.24. The third-order valence-corrected chi connectivity index (χ3v) is 6.97. The fraction of sp³-hybridized carbons (Fsp3) is 0.526. The first-order valence-electron chi connectivity index (χ1n) is 9.06. The lowest BCUT2D eigenvalue weighted by atomic mass is 10.2. The summed E-state index contributed by atoms with van der Waals surface area (Å²) in [4.78, 5) is 40.7. The van der Waals surface area contributed by atoms with Crippen molar-refractivity contribution in [2.24, 2.45) is 0 Å². The molecule has 3 amide bonds. The van der Waals surface area contributed by atoms with Gasteiger partial charge in [-0.25, -0.2) is 0 Å². The third-order valence-electron chi connectivity index (χ3n) is 5.23. The fourth-order valence-electron chi connectivity index (χ4n) is 3.65. The zero-order chi connectivity index (χ0) is 19.8. The average molecular weight is 410 g/mol. The number of anilines is 1. The lowest BCUT2D eigenvalue weighted by Crippen LogP contribution is -2.52. The molecule has 1 aromatic carbocycles. The lowest BCUT2D eigenvalue weighted by molar-refractivity contribution is -0.144. The number of rotatable bonds is 5. The van der Waals surface area contributed by atoms with Gasteiger partial charge >= 0.3 is 0 Å². The molecule has 0 radical (unpaired) electrons. The Balaban J connectivity index is 1.68. The van der Waals surface area contributed by atoms with Crippen LogP contribution in [0.1, 0.15) is 32.3 Å². The van der Waals surface area contributed by atoms with Crippen LogP contribution in [0.3, 0.4) is 0 Å². The minimum atomic E-state index is -0.490. The van der Waals surface area contributed by atoms with Gasteiger partial charge in [-0.2, -0.15) is 0 Å². The van der Waals surface area contributed by atoms with Gasteiger partial charge in [0.2, 0.25) is 17.7 Å². The Labute approximate surface area is 168 Å². The first kappa shape index (κ1) is 20.0. The molecular weight excluding hydrogens is 386 g/mol. The maximum atomic E-state index is 13.0. The second kappa shape index (κ2) is 7.72. The average Bonchev–Trinajstić information content (AvgIpc) is 3.11. The predicted molar refractivity (Wildman–Crippen MR) is 108 cm³/mol. The molecule has 2 fully saturated rings. The topological polar surface area (TPSA) is 69.7 Å². The molecule has 3 rings (SSSR count). The number of amides is 3. The summed E-state index contributed by atoms with van der Waals surface area (Å²) in [7, 11) is 0. The molecule has 0 aromatic heterocycles. The van der Waals surface area contributed by atoms with Gasteiger partial charge in [0.25, 0.3) is 0 Å². The molecule has 0 saturated carbocycles. The molecule has 0 spiro atoms. The second-order valence-corrected chi connectivity index (χ2v) is 9.06. The smallest absolute Gasteiger partial charge is 0.246 e. The largest absolute Gasteiger partial charge is 0.332 e. The third kappa shape index (κ3) is 3.94. The van der Waals surface area contributed by atoms with Crippen LogP contribution in [0, 0.1) is 6.92 Å². The molecule has 0 aliphatic carbocycles. The van der Waals surface area contributed by atoms with E-state index >= 15 is 0 Å². The Kier molecular flexibility index (Phi) is 5.72. The van der Waals surface area contributed by atoms with Crippen molar-refractivity contribution in [3.8, 4) is 0 Å². The summed E-state index contributed by atoms with van der Waals surface area (Å²) in [5.41, 5.74) is 1.53. The SMILES string of the molecule is CCN(CC(=O)Nc1cc(Cl)ccc1C)C(=O)[C@H]1CS[C@@]2(C)CCC(=O)N12. The van der Waals surface area contributed by atoms with Crippen molar-refractivity contribution >= 4 is 46.8 Å². The van der Waals surface area contributed by atoms with Gasteiger partial charge < -0.3 is 15.1 Å². The molecule has 1 aromatic rings. The van der Waals surface area contributed by atoms with Gasteiger partial charge in [-0.05, 0) is 44.9 Å². The monoisotopic (exact) mass is 409 g/mol. The summed E-state index contributed by atoms with van der Waals surface area (Å²) in [5, 5.41) is 3.36. The summed E-state index contributed by atoms with van der Waals surface area (Å²) < 4.78 is 0. The van der Waals surface area contributed by atoms with Gasteiger partial charge in [0, 0.05) is 29.4 Å². The number of carbonyl (C=O) groups is 3. The van der Waals surface area contributed by atoms with Crippen molar-refractivity contribution in [2.45, 2.75) is 44.5 Å². The van der Waals surface area contributed by atoms with E-state index in [-0.39, 0.29) is 29.1 Å². The number of benzene rings is 1. The Morgan fingerprint density at radius 2 is 2.19 bits per heavy atom. The zero-order valence-corrected chi connectivity index (χ0v) is 17.3. The Morgan fingerprint density at radius 3 is 2.89 bits per heavy atom. The molecule has 146 valence electrons. The number of thioether (sulfide) groups is 1. The van der Waals surface area contributed by atoms with Gasteiger partial charge in [-0.15, -0.1) is 11.8 Å². The van der Waals surface area contributed by atoms with Crippen molar-refractivity contribution in [3.05, 3.63) is 28.8 Å². The molecule has 8 heteroatoms. The number of halogens is 1. The summed E-state index contributed by atoms with van der Waals surface area (Å²) >= 11 is 7.64. The van der Waals surface area contributed by atoms with Crippen molar-refractivity contribution in [1.82, 2.24) is 9.80 Å². The van der Waals surface area contributed by atoms with E-state index in [4.69, 9.17) is 11.6 Å². The minimum absolute atomic E-state index is 0.0240. The summed E-state index contributed by atoms with van der Waals surface area (Å²) in [6, 6.07) is 4.79. The highest BCUT2D eigenvalue weighted by atomic mass is 35.5. The van der Waals surface area contributed by atoms with Crippen LogP contribution >= 0.6 is 23.4 Å². The van der Waals surface area contributed by atoms with Crippen LogP contribution in [-0.2, 0) is 14.4 Å². The van der Waals surface area contributed by atoms with Crippen LogP contribution in [0.25, 0.3) is 0 Å². The van der Waals surface area contributed by atoms with E-state index in [2.05, 4.69) is 5.32 Å². The van der Waals surface area contributed by atoms with Gasteiger partial charge in [-0.1, -0.05) is 17.7 Å². The molecule has 2 aliphatic rings. The number of fused-ring (bicyclic) bond motifs is 1. The quantitative estimate of drug-likeness (QED) is 0.811. The molecule has 1 N–H and O–H groups in total. The van der Waals surface area contributed by atoms with E-state index in [0.29, 0.717) is 29.4 Å². The van der Waals surface area contributed by atoms with E-state index in [9.17, 15) is 14.4 Å². The van der Waals surface area contributed by atoms with E-state index in [1.54, 1.807) is 28.8 Å². The normalized spacial score (nSPS) is 24.1. The van der Waals surface area contributed by atoms with Crippen molar-refractivity contribution in [3.63, 3.8) is 0 Å². The Morgan fingerprint density at radius 1 is 1.44 bits per heavy atom. The highest BCUT2D eigenvalue weighted by Gasteiger charge is 2.53. The van der Waals surface area contributed by atoms with E-state index < -0.39 is 6.04 Å². The molecule has 6 nitrogen and oxygen atoms in total. The van der Waals surface area contributed by atoms with E-state index in [1.807, 2.05) is 26.8 Å². The summed E-state index contributed by atoms with van der Waals surface area (Å²) in [5.74, 6) is 0.154. The van der Waals surface area contributed by atoms with Gasteiger partial charge in [0.1, 0.15) is 6.04 Å². The van der Waals surface area contributed by atoms with Crippen LogP contribution < -0.4 is 5.32 Å². The van der Waals surface area contributed by atoms with Gasteiger partial charge in [-0.3, -0.25) is 14.4 Å². The standard InChI is InChI=1S/C19H24ClN3O3S/c1-4-22(10-16(24)21-14-9-13(20)6-5-12(14)2)18(26)15-11-27-19(3)8-7-17(25)23(15)19/h5-6,9,15H,4,7-8,10-11H2,1-3H3,(H,21,24)/t15-,19+/m1/s1. The van der Waals surface area contributed by atoms with E-state index in [0.717, 1.165) is 12.0 Å². The first-order valence-corrected chi connectivity index (χ1v) is 10.4. The number of carbonyl (C=O) groups excluding carboxylic acids is 3. The number of likely N-dealkylation sites (N-methyl/N-ethyl adjacent to an activating group) is 1. The number of nitrogens with one attached hydrogen (secondary N) is 1. The minimum Gasteiger partial charge on any atom is -0.332 e. The molecule has 2 saturated heterocycles. The number of nitrogens with zero attached hydrogens (tertiary/aromatic N) is 2. The molecule has 2 heterocycles. The first-order chi connectivity index (χ1) is 12.7. The van der Waals surface area contributed by atoms with Crippen molar-refractivity contribution in [2.75, 3.05) is 24.2 Å². The van der Waals surface area contributed by atoms with Crippen LogP contribution in [-0.4, -0.2) is 57.3 Å². The van der Waals surface area contributed by atoms with Crippen molar-refractivity contribution in [1.29, 1.82) is 0 Å². The number of hydrogen-bond donors (Lipinski definition) is 1. The van der Waals surface area contributed by atoms with E-state index in [1.165, 1.54) is 4.90 Å². The zero-order valence-electron chi connectivity index (χ0n) is 15.8. The van der Waals surface area contributed by atoms with Crippen LogP contribution in [0.4, 0.5) is 5.69 Å². The molecule has 2 atom stereocenters. The molecule has 2 aliphatic heterocycles. The Bertz CT molecular complexity index is 787. The number of hydrogen-bond acceptors (Lipinski definition) is 4. The highest BCUT2D eigenvalue weighted by Crippen LogP contribution is 2.47. The molecule has 27 heavy (non-hydrogen) atoms. The van der Waals surface area contributed by atoms with Gasteiger partial charge in [0.05, 0.1) is 11.4 Å². The van der Waals surface area contributed by atoms with Crippen LogP contribution in [0.15, 0.2) is 18.2 Å². The predicted octanol–water partition coefficient (Wildman–Crippen LogP) is 2.89. The highest BCUT2D eigenvalue weighted by molar-refractivity contribution is 8.01. The lowest BCUT2D eigenvalue weighted by Gasteiger charge is -2.32. The van der Waals surface area contributed by atoms with Gasteiger partial charge in [0.15, 0.2) is 0 Å².